The Bertz CT molecular complexity index is 1610. The number of hydrogen-bond donors (Lipinski definition) is 2. The molecule has 0 radical (unpaired) electrons. The number of sulfonamides is 2. The Labute approximate surface area is 206 Å². The minimum atomic E-state index is -3.97. The van der Waals surface area contributed by atoms with Gasteiger partial charge >= 0.3 is 0 Å². The monoisotopic (exact) mass is 526 g/mol. The quantitative estimate of drug-likeness (QED) is 0.387. The molecule has 2 N–H and O–H groups in total. The van der Waals surface area contributed by atoms with E-state index in [-0.39, 0.29) is 34.8 Å². The van der Waals surface area contributed by atoms with Crippen LogP contribution in [0.2, 0.25) is 0 Å². The number of rotatable bonds is 6. The molecule has 0 bridgehead atoms. The van der Waals surface area contributed by atoms with Crippen molar-refractivity contribution in [3.8, 4) is 23.0 Å². The molecule has 0 unspecified atom stereocenters. The van der Waals surface area contributed by atoms with Crippen LogP contribution in [0, 0.1) is 0 Å². The summed E-state index contributed by atoms with van der Waals surface area (Å²) in [4.78, 5) is 0.00633. The maximum atomic E-state index is 13.1. The summed E-state index contributed by atoms with van der Waals surface area (Å²) in [5.41, 5.74) is 0.573. The minimum Gasteiger partial charge on any atom is -0.454 e. The van der Waals surface area contributed by atoms with Crippen LogP contribution < -0.4 is 28.4 Å². The zero-order chi connectivity index (χ0) is 24.9. The van der Waals surface area contributed by atoms with Gasteiger partial charge in [-0.1, -0.05) is 24.3 Å². The number of ether oxygens (including phenoxy) is 4. The molecule has 6 rings (SSSR count). The van der Waals surface area contributed by atoms with E-state index in [1.54, 1.807) is 24.3 Å². The smallest absolute Gasteiger partial charge is 0.262 e. The zero-order valence-corrected chi connectivity index (χ0v) is 20.1. The van der Waals surface area contributed by atoms with Crippen molar-refractivity contribution in [1.82, 2.24) is 0 Å². The Balaban J connectivity index is 1.33. The second-order valence-corrected chi connectivity index (χ2v) is 11.3. The van der Waals surface area contributed by atoms with E-state index in [9.17, 15) is 16.8 Å². The average Bonchev–Trinajstić information content (AvgIpc) is 3.54. The third-order valence-electron chi connectivity index (χ3n) is 5.72. The van der Waals surface area contributed by atoms with Gasteiger partial charge in [-0.15, -0.1) is 0 Å². The highest BCUT2D eigenvalue weighted by Gasteiger charge is 2.23. The highest BCUT2D eigenvalue weighted by atomic mass is 32.2. The molecule has 2 aliphatic rings. The molecule has 2 heterocycles. The van der Waals surface area contributed by atoms with Crippen LogP contribution in [-0.4, -0.2) is 30.4 Å². The summed E-state index contributed by atoms with van der Waals surface area (Å²) in [6, 6.07) is 18.6. The topological polar surface area (TPSA) is 129 Å². The molecular weight excluding hydrogens is 508 g/mol. The third kappa shape index (κ3) is 3.89. The van der Waals surface area contributed by atoms with Crippen molar-refractivity contribution in [2.45, 2.75) is 9.79 Å². The Morgan fingerprint density at radius 1 is 0.528 bits per heavy atom. The van der Waals surface area contributed by atoms with Crippen molar-refractivity contribution in [2.75, 3.05) is 23.0 Å². The van der Waals surface area contributed by atoms with E-state index in [0.717, 1.165) is 0 Å². The van der Waals surface area contributed by atoms with E-state index in [1.165, 1.54) is 48.5 Å². The van der Waals surface area contributed by atoms with Crippen LogP contribution in [0.1, 0.15) is 0 Å². The van der Waals surface area contributed by atoms with Crippen molar-refractivity contribution in [3.05, 3.63) is 72.8 Å². The van der Waals surface area contributed by atoms with E-state index in [2.05, 4.69) is 9.44 Å². The van der Waals surface area contributed by atoms with Crippen molar-refractivity contribution < 1.29 is 35.8 Å². The van der Waals surface area contributed by atoms with Gasteiger partial charge in [-0.2, -0.15) is 0 Å². The number of anilines is 2. The van der Waals surface area contributed by atoms with Crippen LogP contribution in [0.15, 0.2) is 82.6 Å². The Morgan fingerprint density at radius 2 is 0.944 bits per heavy atom. The van der Waals surface area contributed by atoms with Crippen LogP contribution in [-0.2, 0) is 20.0 Å². The molecule has 0 fully saturated rings. The molecule has 0 aliphatic carbocycles. The summed E-state index contributed by atoms with van der Waals surface area (Å²) in [5, 5.41) is 1.01. The first-order chi connectivity index (χ1) is 17.3. The van der Waals surface area contributed by atoms with Gasteiger partial charge in [-0.3, -0.25) is 9.44 Å². The van der Waals surface area contributed by atoms with Gasteiger partial charge in [0.15, 0.2) is 23.0 Å². The van der Waals surface area contributed by atoms with Gasteiger partial charge in [-0.25, -0.2) is 16.8 Å². The third-order valence-corrected chi connectivity index (χ3v) is 8.45. The van der Waals surface area contributed by atoms with E-state index in [1.807, 2.05) is 0 Å². The maximum Gasteiger partial charge on any atom is 0.262 e. The zero-order valence-electron chi connectivity index (χ0n) is 18.4. The van der Waals surface area contributed by atoms with Gasteiger partial charge in [0.25, 0.3) is 20.0 Å². The van der Waals surface area contributed by atoms with Gasteiger partial charge < -0.3 is 18.9 Å². The Kier molecular flexibility index (Phi) is 5.09. The van der Waals surface area contributed by atoms with E-state index in [4.69, 9.17) is 18.9 Å². The van der Waals surface area contributed by atoms with Gasteiger partial charge in [0.2, 0.25) is 13.6 Å². The number of nitrogens with one attached hydrogen (secondary N) is 2. The normalized spacial score (nSPS) is 14.1. The molecule has 10 nitrogen and oxygen atoms in total. The molecule has 4 aromatic carbocycles. The molecule has 0 amide bonds. The summed E-state index contributed by atoms with van der Waals surface area (Å²) >= 11 is 0. The highest BCUT2D eigenvalue weighted by Crippen LogP contribution is 2.37. The fourth-order valence-electron chi connectivity index (χ4n) is 3.97. The predicted octanol–water partition coefficient (Wildman–Crippen LogP) is 3.90. The molecular formula is C24H18N2O8S2. The molecule has 0 saturated carbocycles. The van der Waals surface area contributed by atoms with Crippen molar-refractivity contribution in [2.24, 2.45) is 0 Å². The standard InChI is InChI=1S/C24H18N2O8S2/c27-35(28,15-5-9-21-23(11-15)33-13-31-21)25-19-7-8-20(18-4-2-1-3-17(18)19)26-36(29,30)16-6-10-22-24(12-16)34-14-32-22/h1-12,25-26H,13-14H2. The number of benzene rings is 4. The summed E-state index contributed by atoms with van der Waals surface area (Å²) in [6.45, 7) is 0.0566. The second-order valence-electron chi connectivity index (χ2n) is 7.95. The van der Waals surface area contributed by atoms with Crippen LogP contribution in [0.3, 0.4) is 0 Å². The molecule has 4 aromatic rings. The molecule has 184 valence electrons. The lowest BCUT2D eigenvalue weighted by Crippen LogP contribution is -2.15. The fourth-order valence-corrected chi connectivity index (χ4v) is 6.16. The first-order valence-corrected chi connectivity index (χ1v) is 13.6. The summed E-state index contributed by atoms with van der Waals surface area (Å²) in [5.74, 6) is 1.63. The molecule has 12 heteroatoms. The highest BCUT2D eigenvalue weighted by molar-refractivity contribution is 7.93. The minimum absolute atomic E-state index is 0.00317. The lowest BCUT2D eigenvalue weighted by molar-refractivity contribution is 0.173. The summed E-state index contributed by atoms with van der Waals surface area (Å²) in [7, 11) is -7.95. The Morgan fingerprint density at radius 3 is 1.39 bits per heavy atom. The average molecular weight is 527 g/mol. The fraction of sp³-hybridized carbons (Fsp3) is 0.0833. The van der Waals surface area contributed by atoms with Crippen LogP contribution in [0.4, 0.5) is 11.4 Å². The van der Waals surface area contributed by atoms with Crippen molar-refractivity contribution in [3.63, 3.8) is 0 Å². The van der Waals surface area contributed by atoms with Gasteiger partial charge in [-0.05, 0) is 36.4 Å². The lowest BCUT2D eigenvalue weighted by Gasteiger charge is -2.15. The van der Waals surface area contributed by atoms with Crippen molar-refractivity contribution >= 4 is 42.2 Å². The molecule has 2 aliphatic heterocycles. The van der Waals surface area contributed by atoms with Crippen LogP contribution in [0.5, 0.6) is 23.0 Å². The summed E-state index contributed by atoms with van der Waals surface area (Å²) < 4.78 is 78.6. The molecule has 0 atom stereocenters. The van der Waals surface area contributed by atoms with E-state index >= 15 is 0 Å². The maximum absolute atomic E-state index is 13.1. The summed E-state index contributed by atoms with van der Waals surface area (Å²) in [6.07, 6.45) is 0. The first-order valence-electron chi connectivity index (χ1n) is 10.7. The van der Waals surface area contributed by atoms with Gasteiger partial charge in [0, 0.05) is 22.9 Å². The van der Waals surface area contributed by atoms with Gasteiger partial charge in [0.1, 0.15) is 0 Å². The molecule has 0 saturated heterocycles. The number of fused-ring (bicyclic) bond motifs is 3. The number of hydrogen-bond acceptors (Lipinski definition) is 8. The molecule has 0 aromatic heterocycles. The predicted molar refractivity (Wildman–Crippen MR) is 131 cm³/mol. The van der Waals surface area contributed by atoms with Crippen LogP contribution in [0.25, 0.3) is 10.8 Å². The van der Waals surface area contributed by atoms with E-state index in [0.29, 0.717) is 33.8 Å². The van der Waals surface area contributed by atoms with Gasteiger partial charge in [0.05, 0.1) is 21.2 Å². The molecule has 36 heavy (non-hydrogen) atoms. The molecule has 0 spiro atoms. The van der Waals surface area contributed by atoms with E-state index < -0.39 is 20.0 Å². The van der Waals surface area contributed by atoms with Crippen molar-refractivity contribution in [1.29, 1.82) is 0 Å². The lowest BCUT2D eigenvalue weighted by atomic mass is 10.1. The SMILES string of the molecule is O=S(=O)(Nc1ccc(NS(=O)(=O)c2ccc3c(c2)OCO3)c2ccccc12)c1ccc2c(c1)OCO2. The largest absolute Gasteiger partial charge is 0.454 e. The first kappa shape index (κ1) is 22.3. The van der Waals surface area contributed by atoms with Crippen LogP contribution >= 0.6 is 0 Å². The second kappa shape index (κ2) is 8.21. The Hall–Kier alpha value is -4.16.